The van der Waals surface area contributed by atoms with Gasteiger partial charge in [0.05, 0.1) is 12.8 Å². The molecule has 1 aromatic carbocycles. The molecule has 0 bridgehead atoms. The minimum atomic E-state index is 0.169. The van der Waals surface area contributed by atoms with Crippen molar-refractivity contribution in [3.63, 3.8) is 0 Å². The van der Waals surface area contributed by atoms with E-state index >= 15 is 0 Å². The Balaban J connectivity index is 2.49. The lowest BCUT2D eigenvalue weighted by Gasteiger charge is -2.21. The van der Waals surface area contributed by atoms with Crippen molar-refractivity contribution in [2.75, 3.05) is 19.0 Å². The molecule has 0 fully saturated rings. The lowest BCUT2D eigenvalue weighted by Crippen LogP contribution is -2.12. The third-order valence-corrected chi connectivity index (χ3v) is 3.91. The highest BCUT2D eigenvalue weighted by molar-refractivity contribution is 5.59. The molecule has 0 saturated carbocycles. The van der Waals surface area contributed by atoms with Gasteiger partial charge in [-0.25, -0.2) is 0 Å². The fourth-order valence-electron chi connectivity index (χ4n) is 2.44. The number of anilines is 1. The van der Waals surface area contributed by atoms with Crippen LogP contribution in [0.15, 0.2) is 18.2 Å². The minimum Gasteiger partial charge on any atom is -0.495 e. The van der Waals surface area contributed by atoms with E-state index in [9.17, 15) is 0 Å². The van der Waals surface area contributed by atoms with Crippen LogP contribution in [-0.4, -0.2) is 13.7 Å². The van der Waals surface area contributed by atoms with Gasteiger partial charge >= 0.3 is 0 Å². The van der Waals surface area contributed by atoms with Gasteiger partial charge in [-0.1, -0.05) is 65.9 Å². The molecule has 0 amide bonds. The Morgan fingerprint density at radius 3 is 2.29 bits per heavy atom. The highest BCUT2D eigenvalue weighted by atomic mass is 16.5. The van der Waals surface area contributed by atoms with E-state index in [4.69, 9.17) is 4.74 Å². The van der Waals surface area contributed by atoms with E-state index in [1.54, 1.807) is 7.11 Å². The van der Waals surface area contributed by atoms with E-state index in [0.717, 1.165) is 18.0 Å². The first kappa shape index (κ1) is 17.9. The molecule has 21 heavy (non-hydrogen) atoms. The van der Waals surface area contributed by atoms with E-state index in [1.165, 1.54) is 44.1 Å². The first-order chi connectivity index (χ1) is 9.99. The fraction of sp³-hybridized carbons (Fsp3) is 0.684. The van der Waals surface area contributed by atoms with Crippen molar-refractivity contribution in [3.05, 3.63) is 23.8 Å². The zero-order chi connectivity index (χ0) is 15.7. The Bertz CT molecular complexity index is 407. The molecule has 0 atom stereocenters. The van der Waals surface area contributed by atoms with E-state index < -0.39 is 0 Å². The minimum absolute atomic E-state index is 0.169. The molecular weight excluding hydrogens is 258 g/mol. The SMILES string of the molecule is CCCCCCCCNc1cc(C(C)(C)C)ccc1OC. The molecule has 0 aliphatic heterocycles. The average Bonchev–Trinajstić information content (AvgIpc) is 2.45. The molecule has 0 aliphatic rings. The van der Waals surface area contributed by atoms with Gasteiger partial charge in [-0.15, -0.1) is 0 Å². The van der Waals surface area contributed by atoms with E-state index in [2.05, 4.69) is 51.2 Å². The molecule has 1 N–H and O–H groups in total. The van der Waals surface area contributed by atoms with Gasteiger partial charge in [0.2, 0.25) is 0 Å². The molecule has 0 aliphatic carbocycles. The third kappa shape index (κ3) is 6.41. The van der Waals surface area contributed by atoms with E-state index in [1.807, 2.05) is 0 Å². The van der Waals surface area contributed by atoms with Crippen LogP contribution in [-0.2, 0) is 5.41 Å². The lowest BCUT2D eigenvalue weighted by atomic mass is 9.87. The quantitative estimate of drug-likeness (QED) is 0.584. The summed E-state index contributed by atoms with van der Waals surface area (Å²) in [6, 6.07) is 6.47. The smallest absolute Gasteiger partial charge is 0.141 e. The normalized spacial score (nSPS) is 11.5. The Kier molecular flexibility index (Phi) is 7.63. The van der Waals surface area contributed by atoms with Crippen LogP contribution in [0.4, 0.5) is 5.69 Å². The van der Waals surface area contributed by atoms with Gasteiger partial charge in [0.15, 0.2) is 0 Å². The van der Waals surface area contributed by atoms with Crippen LogP contribution in [0.1, 0.15) is 71.8 Å². The summed E-state index contributed by atoms with van der Waals surface area (Å²) < 4.78 is 5.46. The summed E-state index contributed by atoms with van der Waals surface area (Å²) in [7, 11) is 1.74. The molecule has 0 heterocycles. The van der Waals surface area contributed by atoms with Crippen LogP contribution in [0, 0.1) is 0 Å². The number of hydrogen-bond donors (Lipinski definition) is 1. The van der Waals surface area contributed by atoms with E-state index in [-0.39, 0.29) is 5.41 Å². The molecule has 0 unspecified atom stereocenters. The largest absolute Gasteiger partial charge is 0.495 e. The number of nitrogens with one attached hydrogen (secondary N) is 1. The van der Waals surface area contributed by atoms with Crippen LogP contribution >= 0.6 is 0 Å². The lowest BCUT2D eigenvalue weighted by molar-refractivity contribution is 0.416. The summed E-state index contributed by atoms with van der Waals surface area (Å²) >= 11 is 0. The maximum atomic E-state index is 5.46. The number of methoxy groups -OCH3 is 1. The van der Waals surface area contributed by atoms with Crippen LogP contribution in [0.25, 0.3) is 0 Å². The van der Waals surface area contributed by atoms with Crippen LogP contribution in [0.2, 0.25) is 0 Å². The Hall–Kier alpha value is -1.18. The Morgan fingerprint density at radius 1 is 1.00 bits per heavy atom. The molecule has 120 valence electrons. The maximum absolute atomic E-state index is 5.46. The third-order valence-electron chi connectivity index (χ3n) is 3.91. The standard InChI is InChI=1S/C19H33NO/c1-6-7-8-9-10-11-14-20-17-15-16(19(2,3)4)12-13-18(17)21-5/h12-13,15,20H,6-11,14H2,1-5H3. The average molecular weight is 291 g/mol. The second-order valence-corrected chi connectivity index (χ2v) is 6.86. The van der Waals surface area contributed by atoms with Crippen LogP contribution in [0.5, 0.6) is 5.75 Å². The summed E-state index contributed by atoms with van der Waals surface area (Å²) in [5.74, 6) is 0.939. The van der Waals surface area contributed by atoms with Gasteiger partial charge in [-0.05, 0) is 29.5 Å². The van der Waals surface area contributed by atoms with Gasteiger partial charge in [0, 0.05) is 6.54 Å². The zero-order valence-corrected chi connectivity index (χ0v) is 14.6. The summed E-state index contributed by atoms with van der Waals surface area (Å²) in [5.41, 5.74) is 2.63. The van der Waals surface area contributed by atoms with E-state index in [0.29, 0.717) is 0 Å². The first-order valence-electron chi connectivity index (χ1n) is 8.41. The number of unbranched alkanes of at least 4 members (excludes halogenated alkanes) is 5. The predicted molar refractivity (Wildman–Crippen MR) is 93.6 cm³/mol. The zero-order valence-electron chi connectivity index (χ0n) is 14.6. The number of benzene rings is 1. The van der Waals surface area contributed by atoms with Gasteiger partial charge in [-0.3, -0.25) is 0 Å². The molecule has 1 rings (SSSR count). The number of ether oxygens (including phenoxy) is 1. The summed E-state index contributed by atoms with van der Waals surface area (Å²) in [5, 5.41) is 3.54. The van der Waals surface area contributed by atoms with Crippen molar-refractivity contribution in [2.24, 2.45) is 0 Å². The molecule has 2 nitrogen and oxygen atoms in total. The number of hydrogen-bond acceptors (Lipinski definition) is 2. The fourth-order valence-corrected chi connectivity index (χ4v) is 2.44. The first-order valence-corrected chi connectivity index (χ1v) is 8.41. The molecule has 0 saturated heterocycles. The van der Waals surface area contributed by atoms with Crippen LogP contribution < -0.4 is 10.1 Å². The Morgan fingerprint density at radius 2 is 1.67 bits per heavy atom. The second-order valence-electron chi connectivity index (χ2n) is 6.86. The van der Waals surface area contributed by atoms with Crippen molar-refractivity contribution in [1.29, 1.82) is 0 Å². The van der Waals surface area contributed by atoms with Crippen molar-refractivity contribution in [3.8, 4) is 5.75 Å². The van der Waals surface area contributed by atoms with Crippen molar-refractivity contribution in [2.45, 2.75) is 71.6 Å². The highest BCUT2D eigenvalue weighted by Gasteiger charge is 2.15. The van der Waals surface area contributed by atoms with Gasteiger partial charge in [-0.2, -0.15) is 0 Å². The summed E-state index contributed by atoms with van der Waals surface area (Å²) in [4.78, 5) is 0. The Labute approximate surface area is 131 Å². The molecule has 0 aromatic heterocycles. The topological polar surface area (TPSA) is 21.3 Å². The van der Waals surface area contributed by atoms with Crippen molar-refractivity contribution in [1.82, 2.24) is 0 Å². The maximum Gasteiger partial charge on any atom is 0.141 e. The predicted octanol–water partition coefficient (Wildman–Crippen LogP) is 5.77. The summed E-state index contributed by atoms with van der Waals surface area (Å²) in [6.45, 7) is 10.0. The van der Waals surface area contributed by atoms with Crippen molar-refractivity contribution < 1.29 is 4.74 Å². The molecule has 1 aromatic rings. The molecular formula is C19H33NO. The van der Waals surface area contributed by atoms with Crippen LogP contribution in [0.3, 0.4) is 0 Å². The van der Waals surface area contributed by atoms with Gasteiger partial charge < -0.3 is 10.1 Å². The number of rotatable bonds is 9. The second kappa shape index (κ2) is 8.96. The van der Waals surface area contributed by atoms with Crippen molar-refractivity contribution >= 4 is 5.69 Å². The highest BCUT2D eigenvalue weighted by Crippen LogP contribution is 2.31. The monoisotopic (exact) mass is 291 g/mol. The molecule has 0 radical (unpaired) electrons. The van der Waals surface area contributed by atoms with Gasteiger partial charge in [0.25, 0.3) is 0 Å². The van der Waals surface area contributed by atoms with Gasteiger partial charge in [0.1, 0.15) is 5.75 Å². The summed E-state index contributed by atoms with van der Waals surface area (Å²) in [6.07, 6.45) is 7.96. The molecule has 0 spiro atoms. The molecule has 2 heteroatoms.